The zero-order chi connectivity index (χ0) is 91.3. The van der Waals surface area contributed by atoms with Gasteiger partial charge in [-0.05, 0) is 119 Å². The van der Waals surface area contributed by atoms with E-state index in [-0.39, 0.29) is 57.2 Å². The number of carboxylic acid groups (broad SMARTS) is 2. The van der Waals surface area contributed by atoms with E-state index in [1.807, 2.05) is 0 Å². The molecular weight excluding hydrogens is 1640 g/mol. The second-order valence-corrected chi connectivity index (χ2v) is 30.1. The number of hydrogen-bond acceptors (Lipinski definition) is 26. The van der Waals surface area contributed by atoms with E-state index < -0.39 is 254 Å². The maximum Gasteiger partial charge on any atom is 0.326 e. The highest BCUT2D eigenvalue weighted by Gasteiger charge is 2.39. The third kappa shape index (κ3) is 38.3. The molecule has 0 radical (unpaired) electrons. The van der Waals surface area contributed by atoms with Crippen LogP contribution in [0.3, 0.4) is 0 Å². The monoisotopic (exact) mass is 1750 g/mol. The number of aromatic hydroxyl groups is 1. The van der Waals surface area contributed by atoms with Crippen LogP contribution in [0.1, 0.15) is 109 Å². The molecule has 674 valence electrons. The molecule has 0 aliphatic rings. The van der Waals surface area contributed by atoms with Crippen molar-refractivity contribution in [3.63, 3.8) is 0 Å². The van der Waals surface area contributed by atoms with Gasteiger partial charge in [-0.15, -0.1) is 0 Å². The molecule has 0 aliphatic heterocycles. The van der Waals surface area contributed by atoms with Crippen LogP contribution < -0.4 is 103 Å². The maximum atomic E-state index is 14.9. The van der Waals surface area contributed by atoms with Crippen LogP contribution in [-0.2, 0) is 101 Å². The number of aliphatic carboxylic acids is 2. The lowest BCUT2D eigenvalue weighted by atomic mass is 9.99. The molecule has 0 spiro atoms. The Bertz CT molecular complexity index is 4010. The Morgan fingerprint density at radius 2 is 0.803 bits per heavy atom. The Morgan fingerprint density at radius 1 is 0.426 bits per heavy atom. The molecule has 0 aliphatic carbocycles. The zero-order valence-corrected chi connectivity index (χ0v) is 70.0. The third-order valence-electron chi connectivity index (χ3n) is 18.6. The molecule has 15 amide bonds. The Morgan fingerprint density at radius 3 is 1.25 bits per heavy atom. The lowest BCUT2D eigenvalue weighted by Gasteiger charge is -2.29. The molecule has 0 fully saturated rings. The van der Waals surface area contributed by atoms with E-state index >= 15 is 0 Å². The molecule has 15 atom stereocenters. The summed E-state index contributed by atoms with van der Waals surface area (Å²) in [5.41, 5.74) is 23.2. The number of primary amides is 1. The second-order valence-electron chi connectivity index (χ2n) is 28.7. The standard InChI is InChI=1S/C77H116N20O23S2/c1-40(2)61(74(117)88-49(25-27-58(80)102)67(110)97-62(42(4)100)75(118)95-57(39-121)73(116)86-48(20-14-31-83-77(81)82)65(108)89-51(76(119)120)26-28-60(104)105)96-70(113)54(34-44-17-10-7-11-18-44)91-69(112)53(33-43-15-8-6-9-16-43)90-63(106)41(3)84-68(111)52(35-45-21-23-46(101)24-22-45)92-71(114)55(37-98)94-72(115)56(38-99)93-66(109)50(29-32-122-5)87-64(107)47(19-12-13-30-78)85-59(103)36-79/h6-11,15-18,21-24,40-42,47-57,61-62,98-101,121H,12-14,19-20,25-39,78-79H2,1-5H3,(H2,80,102)(H,84,111)(H,85,103)(H,86,116)(H,87,107)(H,88,117)(H,89,108)(H,90,106)(H,91,112)(H,92,114)(H,93,109)(H,94,115)(H,95,118)(H,96,113)(H,97,110)(H,104,105)(H,119,120)(H4,81,82,83)/t41-,42+,47-,48-,49-,50-,51-,52-,53-,54-,55-,56-,57-,61-,62-/m0/s1. The van der Waals surface area contributed by atoms with Gasteiger partial charge in [0, 0.05) is 44.4 Å². The highest BCUT2D eigenvalue weighted by molar-refractivity contribution is 7.98. The Hall–Kier alpha value is -11.8. The van der Waals surface area contributed by atoms with Gasteiger partial charge in [-0.1, -0.05) is 86.6 Å². The molecule has 0 aromatic heterocycles. The summed E-state index contributed by atoms with van der Waals surface area (Å²) in [6, 6.07) is -1.09. The molecule has 3 aromatic rings. The number of thiol groups is 1. The Balaban J connectivity index is 1.94. The lowest BCUT2D eigenvalue weighted by molar-refractivity contribution is -0.143. The largest absolute Gasteiger partial charge is 0.508 e. The van der Waals surface area contributed by atoms with Crippen LogP contribution >= 0.6 is 24.4 Å². The summed E-state index contributed by atoms with van der Waals surface area (Å²) >= 11 is 5.47. The van der Waals surface area contributed by atoms with Gasteiger partial charge in [0.05, 0.1) is 25.9 Å². The van der Waals surface area contributed by atoms with Crippen LogP contribution in [0.5, 0.6) is 5.75 Å². The van der Waals surface area contributed by atoms with Crippen LogP contribution in [0.15, 0.2) is 84.9 Å². The number of guanidine groups is 1. The first kappa shape index (κ1) is 104. The number of phenols is 1. The second kappa shape index (κ2) is 55.2. The van der Waals surface area contributed by atoms with Crippen molar-refractivity contribution in [3.8, 4) is 5.75 Å². The summed E-state index contributed by atoms with van der Waals surface area (Å²) < 4.78 is 0. The number of nitrogens with one attached hydrogen (secondary N) is 16. The molecule has 43 nitrogen and oxygen atoms in total. The first-order chi connectivity index (χ1) is 57.8. The van der Waals surface area contributed by atoms with E-state index in [2.05, 4.69) is 92.4 Å². The topological polar surface area (TPSA) is 720 Å². The van der Waals surface area contributed by atoms with Crippen LogP contribution in [0.25, 0.3) is 0 Å². The molecule has 45 heteroatoms. The van der Waals surface area contributed by atoms with Crippen molar-refractivity contribution < 1.29 is 112 Å². The van der Waals surface area contributed by atoms with Crippen molar-refractivity contribution >= 4 is 131 Å². The molecule has 0 saturated heterocycles. The molecule has 0 bridgehead atoms. The van der Waals surface area contributed by atoms with E-state index in [0.29, 0.717) is 41.8 Å². The van der Waals surface area contributed by atoms with E-state index in [1.165, 1.54) is 56.8 Å². The summed E-state index contributed by atoms with van der Waals surface area (Å²) in [5, 5.41) is 105. The molecular formula is C77H116N20O23S2. The van der Waals surface area contributed by atoms with Crippen LogP contribution in [0, 0.1) is 11.3 Å². The SMILES string of the molecule is CSCC[C@H](NC(=O)[C@H](CCCCN)NC(=O)CN)C(=O)N[C@@H](CO)C(=O)N[C@@H](CO)C(=O)N[C@@H](Cc1ccc(O)cc1)C(=O)N[C@@H](C)C(=O)N[C@@H](Cc1ccccc1)C(=O)N[C@@H](Cc1ccccc1)C(=O)N[C@H](C(=O)N[C@@H](CCC(N)=O)C(=O)N[C@H](C(=O)N[C@@H](CS)C(=O)N[C@@H](CCCNC(=N)N)C(=O)N[C@@H](CCC(=O)O)C(=O)O)[C@@H](C)O)C(C)C. The quantitative estimate of drug-likeness (QED) is 0.0108. The van der Waals surface area contributed by atoms with Crippen molar-refractivity contribution in [3.05, 3.63) is 102 Å². The van der Waals surface area contributed by atoms with Crippen molar-refractivity contribution in [2.24, 2.45) is 28.9 Å². The van der Waals surface area contributed by atoms with Gasteiger partial charge in [0.1, 0.15) is 90.3 Å². The smallest absolute Gasteiger partial charge is 0.326 e. The van der Waals surface area contributed by atoms with Gasteiger partial charge in [0.2, 0.25) is 88.6 Å². The zero-order valence-electron chi connectivity index (χ0n) is 68.3. The number of aliphatic hydroxyl groups is 3. The minimum atomic E-state index is -1.96. The summed E-state index contributed by atoms with van der Waals surface area (Å²) in [7, 11) is 0. The molecule has 0 unspecified atom stereocenters. The van der Waals surface area contributed by atoms with Gasteiger partial charge in [-0.2, -0.15) is 24.4 Å². The van der Waals surface area contributed by atoms with Crippen molar-refractivity contribution in [2.45, 2.75) is 202 Å². The number of rotatable bonds is 57. The normalized spacial score (nSPS) is 14.7. The first-order valence-corrected chi connectivity index (χ1v) is 41.1. The lowest BCUT2D eigenvalue weighted by Crippen LogP contribution is -2.63. The molecule has 3 aromatic carbocycles. The number of carboxylic acids is 2. The van der Waals surface area contributed by atoms with Gasteiger partial charge < -0.3 is 133 Å². The summed E-state index contributed by atoms with van der Waals surface area (Å²) in [5.74, 6) is -20.1. The molecule has 0 saturated carbocycles. The number of aliphatic hydroxyl groups excluding tert-OH is 3. The maximum absolute atomic E-state index is 14.9. The van der Waals surface area contributed by atoms with Crippen molar-refractivity contribution in [1.29, 1.82) is 5.41 Å². The van der Waals surface area contributed by atoms with Gasteiger partial charge in [-0.3, -0.25) is 82.1 Å². The number of phenolic OH excluding ortho intramolecular Hbond substituents is 1. The predicted molar refractivity (Wildman–Crippen MR) is 446 cm³/mol. The first-order valence-electron chi connectivity index (χ1n) is 39.1. The van der Waals surface area contributed by atoms with E-state index in [4.69, 9.17) is 33.5 Å². The van der Waals surface area contributed by atoms with Crippen LogP contribution in [-0.4, -0.2) is 278 Å². The minimum absolute atomic E-state index is 0.00500. The van der Waals surface area contributed by atoms with E-state index in [1.54, 1.807) is 66.9 Å². The van der Waals surface area contributed by atoms with E-state index in [9.17, 15) is 107 Å². The number of carbonyl (C=O) groups is 17. The van der Waals surface area contributed by atoms with Crippen molar-refractivity contribution in [1.82, 2.24) is 79.8 Å². The number of benzene rings is 3. The molecule has 122 heavy (non-hydrogen) atoms. The Kier molecular flexibility index (Phi) is 47.2. The molecule has 0 heterocycles. The predicted octanol–water partition coefficient (Wildman–Crippen LogP) is -7.50. The van der Waals surface area contributed by atoms with Gasteiger partial charge >= 0.3 is 11.9 Å². The summed E-state index contributed by atoms with van der Waals surface area (Å²) in [6.07, 6.45) is -2.42. The molecule has 3 rings (SSSR count). The number of hydrogen-bond donors (Lipinski definition) is 27. The minimum Gasteiger partial charge on any atom is -0.508 e. The number of nitrogens with two attached hydrogens (primary N) is 4. The Labute approximate surface area is 713 Å². The van der Waals surface area contributed by atoms with Crippen molar-refractivity contribution in [2.75, 3.05) is 50.6 Å². The third-order valence-corrected chi connectivity index (χ3v) is 19.6. The van der Waals surface area contributed by atoms with Gasteiger partial charge in [-0.25, -0.2) is 4.79 Å². The van der Waals surface area contributed by atoms with Gasteiger partial charge in [0.15, 0.2) is 5.96 Å². The fourth-order valence-corrected chi connectivity index (χ4v) is 12.5. The summed E-state index contributed by atoms with van der Waals surface area (Å²) in [4.78, 5) is 232. The van der Waals surface area contributed by atoms with Gasteiger partial charge in [0.25, 0.3) is 0 Å². The number of carbonyl (C=O) groups excluding carboxylic acids is 15. The highest BCUT2D eigenvalue weighted by Crippen LogP contribution is 2.16. The highest BCUT2D eigenvalue weighted by atomic mass is 32.2. The van der Waals surface area contributed by atoms with Crippen LogP contribution in [0.2, 0.25) is 0 Å². The fraction of sp³-hybridized carbons (Fsp3) is 0.532. The summed E-state index contributed by atoms with van der Waals surface area (Å²) in [6.45, 7) is 2.94. The average molecular weight is 1750 g/mol. The molecule has 30 N–H and O–H groups in total. The fourth-order valence-electron chi connectivity index (χ4n) is 11.7. The number of unbranched alkanes of at least 4 members (excludes halogenated alkanes) is 1. The van der Waals surface area contributed by atoms with Crippen LogP contribution in [0.4, 0.5) is 0 Å². The number of amides is 15. The number of thioether (sulfide) groups is 1. The van der Waals surface area contributed by atoms with E-state index in [0.717, 1.165) is 6.92 Å². The average Bonchev–Trinajstić information content (AvgIpc) is 0.844.